The minimum absolute atomic E-state index is 0.611. The zero-order chi connectivity index (χ0) is 19.3. The second-order valence-corrected chi connectivity index (χ2v) is 12.8. The number of hydrogen-bond acceptors (Lipinski definition) is 6. The molecule has 0 saturated carbocycles. The van der Waals surface area contributed by atoms with Gasteiger partial charge in [-0.25, -0.2) is 0 Å². The molecule has 0 amide bonds. The van der Waals surface area contributed by atoms with Gasteiger partial charge in [0.15, 0.2) is 0 Å². The quantitative estimate of drug-likeness (QED) is 0.368. The Balaban J connectivity index is 4.72. The fraction of sp³-hybridized carbons (Fsp3) is 1.00. The average molecular weight is 397 g/mol. The van der Waals surface area contributed by atoms with Crippen LogP contribution in [0, 0.1) is 11.8 Å². The lowest BCUT2D eigenvalue weighted by Gasteiger charge is -2.28. The lowest BCUT2D eigenvalue weighted by atomic mass is 9.89. The van der Waals surface area contributed by atoms with Crippen LogP contribution in [0.1, 0.15) is 46.0 Å². The van der Waals surface area contributed by atoms with Gasteiger partial charge in [-0.1, -0.05) is 26.7 Å². The van der Waals surface area contributed by atoms with E-state index in [-0.39, 0.29) is 0 Å². The van der Waals surface area contributed by atoms with Gasteiger partial charge >= 0.3 is 17.6 Å². The Morgan fingerprint density at radius 1 is 0.680 bits per heavy atom. The third kappa shape index (κ3) is 8.61. The summed E-state index contributed by atoms with van der Waals surface area (Å²) in [6.07, 6.45) is 5.61. The number of rotatable bonds is 16. The monoisotopic (exact) mass is 396 g/mol. The van der Waals surface area contributed by atoms with E-state index in [1.54, 1.807) is 42.7 Å². The van der Waals surface area contributed by atoms with Crippen molar-refractivity contribution >= 4 is 17.6 Å². The zero-order valence-corrected chi connectivity index (χ0v) is 19.6. The van der Waals surface area contributed by atoms with Crippen molar-refractivity contribution in [2.24, 2.45) is 11.8 Å². The van der Waals surface area contributed by atoms with Gasteiger partial charge in [-0.2, -0.15) is 0 Å². The van der Waals surface area contributed by atoms with E-state index in [1.165, 1.54) is 12.8 Å². The van der Waals surface area contributed by atoms with Crippen LogP contribution in [-0.4, -0.2) is 60.3 Å². The van der Waals surface area contributed by atoms with Crippen LogP contribution in [0.4, 0.5) is 0 Å². The molecular weight excluding hydrogens is 356 g/mol. The highest BCUT2D eigenvalue weighted by molar-refractivity contribution is 6.60. The molecule has 0 radical (unpaired) electrons. The topological polar surface area (TPSA) is 55.4 Å². The molecule has 0 aromatic heterocycles. The number of hydrogen-bond donors (Lipinski definition) is 0. The first-order chi connectivity index (χ1) is 11.9. The van der Waals surface area contributed by atoms with E-state index in [9.17, 15) is 0 Å². The third-order valence-corrected chi connectivity index (χ3v) is 10.9. The van der Waals surface area contributed by atoms with Crippen LogP contribution in [0.15, 0.2) is 0 Å². The Morgan fingerprint density at radius 2 is 1.12 bits per heavy atom. The highest BCUT2D eigenvalue weighted by atomic mass is 28.4. The Kier molecular flexibility index (Phi) is 13.5. The maximum atomic E-state index is 5.57. The molecule has 0 rings (SSSR count). The Hall–Kier alpha value is 0.194. The second-order valence-electron chi connectivity index (χ2n) is 6.64. The van der Waals surface area contributed by atoms with Crippen LogP contribution < -0.4 is 0 Å². The molecule has 0 spiro atoms. The largest absolute Gasteiger partial charge is 0.500 e. The van der Waals surface area contributed by atoms with Gasteiger partial charge < -0.3 is 26.6 Å². The van der Waals surface area contributed by atoms with Crippen molar-refractivity contribution in [1.82, 2.24) is 0 Å². The molecule has 0 aliphatic heterocycles. The molecule has 0 saturated heterocycles. The first-order valence-corrected chi connectivity index (χ1v) is 13.1. The molecule has 0 bridgehead atoms. The summed E-state index contributed by atoms with van der Waals surface area (Å²) < 4.78 is 33.3. The van der Waals surface area contributed by atoms with Crippen LogP contribution >= 0.6 is 0 Å². The van der Waals surface area contributed by atoms with Crippen LogP contribution in [0.5, 0.6) is 0 Å². The van der Waals surface area contributed by atoms with E-state index in [1.807, 2.05) is 0 Å². The molecule has 0 aliphatic carbocycles. The van der Waals surface area contributed by atoms with Gasteiger partial charge in [0.05, 0.1) is 0 Å². The summed E-state index contributed by atoms with van der Waals surface area (Å²) in [6, 6.07) is 1.69. The Morgan fingerprint density at radius 3 is 1.52 bits per heavy atom. The molecule has 25 heavy (non-hydrogen) atoms. The molecule has 152 valence electrons. The van der Waals surface area contributed by atoms with Crippen molar-refractivity contribution in [3.63, 3.8) is 0 Å². The summed E-state index contributed by atoms with van der Waals surface area (Å²) in [7, 11) is 5.07. The molecule has 0 aromatic carbocycles. The molecule has 6 nitrogen and oxygen atoms in total. The SMILES string of the molecule is CCC(C)CC(CCC[Si](OC)(OC)OC)CC[Si](OC)(OC)OC. The predicted octanol–water partition coefficient (Wildman–Crippen LogP) is 3.97. The summed E-state index contributed by atoms with van der Waals surface area (Å²) in [4.78, 5) is 0. The van der Waals surface area contributed by atoms with Gasteiger partial charge in [-0.3, -0.25) is 0 Å². The smallest absolute Gasteiger partial charge is 0.377 e. The van der Waals surface area contributed by atoms with Gasteiger partial charge in [-0.15, -0.1) is 0 Å². The molecule has 8 heteroatoms. The lowest BCUT2D eigenvalue weighted by Crippen LogP contribution is -2.43. The van der Waals surface area contributed by atoms with Crippen LogP contribution in [0.3, 0.4) is 0 Å². The van der Waals surface area contributed by atoms with Crippen molar-refractivity contribution in [2.45, 2.75) is 58.0 Å². The van der Waals surface area contributed by atoms with E-state index >= 15 is 0 Å². The molecular formula is C17H40O6Si2. The molecule has 0 aromatic rings. The van der Waals surface area contributed by atoms with Gasteiger partial charge in [0.1, 0.15) is 0 Å². The summed E-state index contributed by atoms with van der Waals surface area (Å²) in [5.74, 6) is 1.32. The fourth-order valence-corrected chi connectivity index (χ4v) is 6.84. The molecule has 0 N–H and O–H groups in total. The standard InChI is InChI=1S/C17H40O6Si2/c1-9-16(2)15-17(12-14-25(21-6,22-7)23-8)11-10-13-24(18-3,19-4)20-5/h16-17H,9-15H2,1-8H3. The zero-order valence-electron chi connectivity index (χ0n) is 17.6. The van der Waals surface area contributed by atoms with Crippen molar-refractivity contribution in [2.75, 3.05) is 42.7 Å². The van der Waals surface area contributed by atoms with E-state index in [0.717, 1.165) is 31.4 Å². The summed E-state index contributed by atoms with van der Waals surface area (Å²) in [5, 5.41) is 0. The van der Waals surface area contributed by atoms with Crippen LogP contribution in [0.2, 0.25) is 12.1 Å². The van der Waals surface area contributed by atoms with Crippen molar-refractivity contribution < 1.29 is 26.6 Å². The summed E-state index contributed by atoms with van der Waals surface area (Å²) >= 11 is 0. The van der Waals surface area contributed by atoms with E-state index < -0.39 is 17.6 Å². The molecule has 2 atom stereocenters. The van der Waals surface area contributed by atoms with Crippen LogP contribution in [0.25, 0.3) is 0 Å². The average Bonchev–Trinajstić information content (AvgIpc) is 2.66. The van der Waals surface area contributed by atoms with Gasteiger partial charge in [0.2, 0.25) is 0 Å². The molecule has 2 unspecified atom stereocenters. The molecule has 0 fully saturated rings. The van der Waals surface area contributed by atoms with Gasteiger partial charge in [0.25, 0.3) is 0 Å². The van der Waals surface area contributed by atoms with Crippen molar-refractivity contribution in [1.29, 1.82) is 0 Å². The lowest BCUT2D eigenvalue weighted by molar-refractivity contribution is 0.118. The van der Waals surface area contributed by atoms with Gasteiger partial charge in [-0.05, 0) is 31.1 Å². The first kappa shape index (κ1) is 25.2. The van der Waals surface area contributed by atoms with E-state index in [0.29, 0.717) is 11.8 Å². The minimum atomic E-state index is -2.50. The maximum absolute atomic E-state index is 5.57. The Labute approximate surface area is 157 Å². The highest BCUT2D eigenvalue weighted by Gasteiger charge is 2.39. The molecule has 0 heterocycles. The van der Waals surface area contributed by atoms with Crippen molar-refractivity contribution in [3.05, 3.63) is 0 Å². The summed E-state index contributed by atoms with van der Waals surface area (Å²) in [5.41, 5.74) is 0. The maximum Gasteiger partial charge on any atom is 0.500 e. The predicted molar refractivity (Wildman–Crippen MR) is 105 cm³/mol. The normalized spacial score (nSPS) is 15.4. The highest BCUT2D eigenvalue weighted by Crippen LogP contribution is 2.29. The second kappa shape index (κ2) is 13.4. The van der Waals surface area contributed by atoms with Crippen LogP contribution in [-0.2, 0) is 26.6 Å². The fourth-order valence-electron chi connectivity index (χ4n) is 3.22. The van der Waals surface area contributed by atoms with Gasteiger partial charge in [0, 0.05) is 54.7 Å². The van der Waals surface area contributed by atoms with E-state index in [2.05, 4.69) is 13.8 Å². The van der Waals surface area contributed by atoms with E-state index in [4.69, 9.17) is 26.6 Å². The Bertz CT molecular complexity index is 308. The minimum Gasteiger partial charge on any atom is -0.377 e. The first-order valence-electron chi connectivity index (χ1n) is 9.21. The summed E-state index contributed by atoms with van der Waals surface area (Å²) in [6.45, 7) is 4.57. The third-order valence-electron chi connectivity index (χ3n) is 5.25. The molecule has 0 aliphatic rings. The van der Waals surface area contributed by atoms with Crippen molar-refractivity contribution in [3.8, 4) is 0 Å².